The number of thiazole rings is 1. The maximum absolute atomic E-state index is 12.5. The quantitative estimate of drug-likeness (QED) is 0.895. The highest BCUT2D eigenvalue weighted by atomic mass is 32.1. The molecule has 3 rings (SSSR count). The van der Waals surface area contributed by atoms with Gasteiger partial charge in [-0.2, -0.15) is 0 Å². The van der Waals surface area contributed by atoms with Crippen molar-refractivity contribution in [1.29, 1.82) is 0 Å². The molecule has 2 amide bonds. The van der Waals surface area contributed by atoms with Gasteiger partial charge in [0.25, 0.3) is 0 Å². The number of carboxylic acids is 1. The van der Waals surface area contributed by atoms with Crippen molar-refractivity contribution in [3.05, 3.63) is 11.6 Å². The Morgan fingerprint density at radius 2 is 2.05 bits per heavy atom. The van der Waals surface area contributed by atoms with Crippen LogP contribution in [-0.4, -0.2) is 70.7 Å². The third kappa shape index (κ3) is 3.26. The van der Waals surface area contributed by atoms with Gasteiger partial charge < -0.3 is 19.8 Å². The van der Waals surface area contributed by atoms with Gasteiger partial charge in [-0.05, 0) is 12.8 Å². The standard InChI is InChI=1S/C13H18N4O3S/c18-11(19)9-17(10-1-2-10)13(20)16-6-4-15(5-7-16)12-14-3-8-21-12/h3,8,10H,1-2,4-7,9H2,(H,18,19). The van der Waals surface area contributed by atoms with Gasteiger partial charge in [0, 0.05) is 43.8 Å². The summed E-state index contributed by atoms with van der Waals surface area (Å²) in [5.41, 5.74) is 0. The second-order valence-electron chi connectivity index (χ2n) is 5.32. The Morgan fingerprint density at radius 3 is 2.57 bits per heavy atom. The molecule has 0 aromatic carbocycles. The van der Waals surface area contributed by atoms with Gasteiger partial charge in [0.2, 0.25) is 0 Å². The normalized spacial score (nSPS) is 18.7. The van der Waals surface area contributed by atoms with Crippen LogP contribution in [0.15, 0.2) is 11.6 Å². The summed E-state index contributed by atoms with van der Waals surface area (Å²) < 4.78 is 0. The second-order valence-corrected chi connectivity index (χ2v) is 6.20. The third-order valence-electron chi connectivity index (χ3n) is 3.78. The van der Waals surface area contributed by atoms with Crippen molar-refractivity contribution in [3.63, 3.8) is 0 Å². The lowest BCUT2D eigenvalue weighted by atomic mass is 10.3. The number of hydrogen-bond acceptors (Lipinski definition) is 5. The van der Waals surface area contributed by atoms with Crippen LogP contribution >= 0.6 is 11.3 Å². The molecule has 1 aliphatic carbocycles. The van der Waals surface area contributed by atoms with Crippen molar-refractivity contribution in [3.8, 4) is 0 Å². The van der Waals surface area contributed by atoms with Crippen molar-refractivity contribution >= 4 is 28.5 Å². The zero-order valence-electron chi connectivity index (χ0n) is 11.6. The number of hydrogen-bond donors (Lipinski definition) is 1. The Kier molecular flexibility index (Phi) is 3.96. The zero-order valence-corrected chi connectivity index (χ0v) is 12.5. The predicted octanol–water partition coefficient (Wildman–Crippen LogP) is 0.934. The number of anilines is 1. The molecule has 2 aliphatic rings. The first kappa shape index (κ1) is 14.1. The molecule has 2 heterocycles. The van der Waals surface area contributed by atoms with E-state index in [-0.39, 0.29) is 18.6 Å². The van der Waals surface area contributed by atoms with Crippen molar-refractivity contribution in [2.45, 2.75) is 18.9 Å². The van der Waals surface area contributed by atoms with Crippen LogP contribution in [0.4, 0.5) is 9.93 Å². The van der Waals surface area contributed by atoms with Gasteiger partial charge in [0.15, 0.2) is 5.13 Å². The fraction of sp³-hybridized carbons (Fsp3) is 0.615. The van der Waals surface area contributed by atoms with E-state index < -0.39 is 5.97 Å². The van der Waals surface area contributed by atoms with E-state index in [1.165, 1.54) is 4.90 Å². The van der Waals surface area contributed by atoms with Gasteiger partial charge in [-0.15, -0.1) is 11.3 Å². The summed E-state index contributed by atoms with van der Waals surface area (Å²) in [4.78, 5) is 33.1. The molecule has 2 fully saturated rings. The van der Waals surface area contributed by atoms with Crippen molar-refractivity contribution in [2.24, 2.45) is 0 Å². The van der Waals surface area contributed by atoms with Crippen LogP contribution in [0.2, 0.25) is 0 Å². The summed E-state index contributed by atoms with van der Waals surface area (Å²) in [6.07, 6.45) is 3.61. The molecule has 0 radical (unpaired) electrons. The number of aromatic nitrogens is 1. The first-order chi connectivity index (χ1) is 10.1. The molecule has 1 N–H and O–H groups in total. The molecule has 1 aromatic rings. The van der Waals surface area contributed by atoms with E-state index in [9.17, 15) is 9.59 Å². The average molecular weight is 310 g/mol. The van der Waals surface area contributed by atoms with Crippen LogP contribution in [0, 0.1) is 0 Å². The number of piperazine rings is 1. The molecule has 114 valence electrons. The van der Waals surface area contributed by atoms with E-state index in [0.29, 0.717) is 13.1 Å². The van der Waals surface area contributed by atoms with Gasteiger partial charge >= 0.3 is 12.0 Å². The fourth-order valence-corrected chi connectivity index (χ4v) is 3.22. The molecule has 8 heteroatoms. The fourth-order valence-electron chi connectivity index (χ4n) is 2.53. The minimum atomic E-state index is -0.948. The summed E-state index contributed by atoms with van der Waals surface area (Å²) in [5, 5.41) is 11.9. The van der Waals surface area contributed by atoms with E-state index in [0.717, 1.165) is 31.1 Å². The minimum absolute atomic E-state index is 0.116. The monoisotopic (exact) mass is 310 g/mol. The third-order valence-corrected chi connectivity index (χ3v) is 4.61. The molecule has 0 spiro atoms. The van der Waals surface area contributed by atoms with E-state index in [1.807, 2.05) is 5.38 Å². The lowest BCUT2D eigenvalue weighted by molar-refractivity contribution is -0.137. The molecule has 0 atom stereocenters. The molecule has 7 nitrogen and oxygen atoms in total. The highest BCUT2D eigenvalue weighted by Gasteiger charge is 2.37. The van der Waals surface area contributed by atoms with E-state index in [4.69, 9.17) is 5.11 Å². The van der Waals surface area contributed by atoms with Gasteiger partial charge in [0.05, 0.1) is 0 Å². The predicted molar refractivity (Wildman–Crippen MR) is 78.7 cm³/mol. The highest BCUT2D eigenvalue weighted by molar-refractivity contribution is 7.13. The molecule has 1 aliphatic heterocycles. The number of carboxylic acid groups (broad SMARTS) is 1. The molecule has 1 saturated carbocycles. The second kappa shape index (κ2) is 5.88. The topological polar surface area (TPSA) is 77.0 Å². The molecule has 1 saturated heterocycles. The smallest absolute Gasteiger partial charge is 0.323 e. The van der Waals surface area contributed by atoms with Crippen LogP contribution < -0.4 is 4.90 Å². The van der Waals surface area contributed by atoms with Crippen LogP contribution in [0.25, 0.3) is 0 Å². The molecular formula is C13H18N4O3S. The summed E-state index contributed by atoms with van der Waals surface area (Å²) in [6.45, 7) is 2.51. The Bertz CT molecular complexity index is 509. The number of carbonyl (C=O) groups excluding carboxylic acids is 1. The Hall–Kier alpha value is -1.83. The Labute approximate surface area is 126 Å². The average Bonchev–Trinajstić information content (AvgIpc) is 3.18. The summed E-state index contributed by atoms with van der Waals surface area (Å²) >= 11 is 1.59. The minimum Gasteiger partial charge on any atom is -0.480 e. The number of carbonyl (C=O) groups is 2. The van der Waals surface area contributed by atoms with Crippen molar-refractivity contribution in [2.75, 3.05) is 37.6 Å². The maximum atomic E-state index is 12.5. The lowest BCUT2D eigenvalue weighted by Gasteiger charge is -2.37. The first-order valence-electron chi connectivity index (χ1n) is 7.07. The van der Waals surface area contributed by atoms with Crippen LogP contribution in [-0.2, 0) is 4.79 Å². The summed E-state index contributed by atoms with van der Waals surface area (Å²) in [7, 11) is 0. The Balaban J connectivity index is 1.57. The molecule has 1 aromatic heterocycles. The van der Waals surface area contributed by atoms with Crippen molar-refractivity contribution in [1.82, 2.24) is 14.8 Å². The first-order valence-corrected chi connectivity index (χ1v) is 7.95. The number of aliphatic carboxylic acids is 1. The Morgan fingerprint density at radius 1 is 1.33 bits per heavy atom. The van der Waals surface area contributed by atoms with Gasteiger partial charge in [-0.1, -0.05) is 0 Å². The van der Waals surface area contributed by atoms with E-state index in [1.54, 1.807) is 22.4 Å². The summed E-state index contributed by atoms with van der Waals surface area (Å²) in [5.74, 6) is -0.948. The van der Waals surface area contributed by atoms with E-state index >= 15 is 0 Å². The highest BCUT2D eigenvalue weighted by Crippen LogP contribution is 2.28. The molecule has 21 heavy (non-hydrogen) atoms. The zero-order chi connectivity index (χ0) is 14.8. The van der Waals surface area contributed by atoms with Gasteiger partial charge in [-0.3, -0.25) is 4.79 Å². The molecule has 0 bridgehead atoms. The number of urea groups is 1. The van der Waals surface area contributed by atoms with Gasteiger partial charge in [0.1, 0.15) is 6.54 Å². The van der Waals surface area contributed by atoms with Crippen LogP contribution in [0.5, 0.6) is 0 Å². The van der Waals surface area contributed by atoms with Crippen molar-refractivity contribution < 1.29 is 14.7 Å². The SMILES string of the molecule is O=C(O)CN(C(=O)N1CCN(c2nccs2)CC1)C1CC1. The number of nitrogens with zero attached hydrogens (tertiary/aromatic N) is 4. The maximum Gasteiger partial charge on any atom is 0.323 e. The molecular weight excluding hydrogens is 292 g/mol. The molecule has 0 unspecified atom stereocenters. The largest absolute Gasteiger partial charge is 0.480 e. The number of amides is 2. The number of rotatable bonds is 4. The van der Waals surface area contributed by atoms with Crippen LogP contribution in [0.3, 0.4) is 0 Å². The van der Waals surface area contributed by atoms with Crippen LogP contribution in [0.1, 0.15) is 12.8 Å². The van der Waals surface area contributed by atoms with E-state index in [2.05, 4.69) is 9.88 Å². The summed E-state index contributed by atoms with van der Waals surface area (Å²) in [6, 6.07) is -0.0238. The van der Waals surface area contributed by atoms with Gasteiger partial charge in [-0.25, -0.2) is 9.78 Å². The lowest BCUT2D eigenvalue weighted by Crippen LogP contribution is -2.54.